The van der Waals surface area contributed by atoms with Crippen LogP contribution in [0.4, 0.5) is 10.1 Å². The van der Waals surface area contributed by atoms with Crippen LogP contribution in [0.3, 0.4) is 0 Å². The van der Waals surface area contributed by atoms with Crippen LogP contribution in [0.2, 0.25) is 0 Å². The van der Waals surface area contributed by atoms with Gasteiger partial charge in [0, 0.05) is 24.3 Å². The molecule has 3 rings (SSSR count). The van der Waals surface area contributed by atoms with Gasteiger partial charge in [-0.05, 0) is 67.3 Å². The van der Waals surface area contributed by atoms with E-state index in [1.807, 2.05) is 24.3 Å². The first-order valence-electron chi connectivity index (χ1n) is 8.05. The number of benzene rings is 2. The van der Waals surface area contributed by atoms with Gasteiger partial charge in [0.25, 0.3) is 0 Å². The second kappa shape index (κ2) is 7.23. The normalized spacial score (nSPS) is 15.1. The van der Waals surface area contributed by atoms with Gasteiger partial charge in [-0.25, -0.2) is 4.39 Å². The van der Waals surface area contributed by atoms with Gasteiger partial charge in [0.15, 0.2) is 5.78 Å². The molecule has 1 heterocycles. The van der Waals surface area contributed by atoms with Gasteiger partial charge in [0.05, 0.1) is 0 Å². The quantitative estimate of drug-likeness (QED) is 0.602. The first kappa shape index (κ1) is 15.5. The summed E-state index contributed by atoms with van der Waals surface area (Å²) in [4.78, 5) is 14.6. The highest BCUT2D eigenvalue weighted by Gasteiger charge is 2.11. The molecule has 1 aliphatic heterocycles. The standard InChI is InChI=1S/C20H20FNO/c21-18-9-4-16(5-10-18)6-13-20(23)17-7-11-19(12-8-17)22-14-2-1-3-15-22/h4-13H,1-3,14-15H2. The lowest BCUT2D eigenvalue weighted by Crippen LogP contribution is -2.29. The van der Waals surface area contributed by atoms with E-state index < -0.39 is 0 Å². The molecule has 0 atom stereocenters. The molecule has 0 unspecified atom stereocenters. The van der Waals surface area contributed by atoms with Gasteiger partial charge in [-0.1, -0.05) is 18.2 Å². The lowest BCUT2D eigenvalue weighted by Gasteiger charge is -2.28. The number of allylic oxidation sites excluding steroid dienone is 1. The summed E-state index contributed by atoms with van der Waals surface area (Å²) >= 11 is 0. The van der Waals surface area contributed by atoms with Crippen LogP contribution in [0.25, 0.3) is 6.08 Å². The number of piperidine rings is 1. The smallest absolute Gasteiger partial charge is 0.185 e. The first-order valence-corrected chi connectivity index (χ1v) is 8.05. The van der Waals surface area contributed by atoms with Crippen LogP contribution in [0.15, 0.2) is 54.6 Å². The second-order valence-corrected chi connectivity index (χ2v) is 5.84. The number of halogens is 1. The van der Waals surface area contributed by atoms with E-state index >= 15 is 0 Å². The second-order valence-electron chi connectivity index (χ2n) is 5.84. The molecule has 0 amide bonds. The van der Waals surface area contributed by atoms with E-state index in [1.165, 1.54) is 43.2 Å². The molecule has 0 bridgehead atoms. The van der Waals surface area contributed by atoms with Gasteiger partial charge in [-0.3, -0.25) is 4.79 Å². The fraction of sp³-hybridized carbons (Fsp3) is 0.250. The third kappa shape index (κ3) is 4.07. The molecule has 3 heteroatoms. The zero-order chi connectivity index (χ0) is 16.1. The van der Waals surface area contributed by atoms with Gasteiger partial charge in [0.2, 0.25) is 0 Å². The van der Waals surface area contributed by atoms with Crippen molar-refractivity contribution in [1.82, 2.24) is 0 Å². The number of carbonyl (C=O) groups is 1. The van der Waals surface area contributed by atoms with Crippen LogP contribution in [0.5, 0.6) is 0 Å². The Morgan fingerprint density at radius 1 is 0.913 bits per heavy atom. The van der Waals surface area contributed by atoms with E-state index in [0.717, 1.165) is 18.7 Å². The number of hydrogen-bond acceptors (Lipinski definition) is 2. The van der Waals surface area contributed by atoms with Crippen LogP contribution in [-0.2, 0) is 0 Å². The van der Waals surface area contributed by atoms with Crippen molar-refractivity contribution in [1.29, 1.82) is 0 Å². The first-order chi connectivity index (χ1) is 11.2. The fourth-order valence-electron chi connectivity index (χ4n) is 2.83. The lowest BCUT2D eigenvalue weighted by atomic mass is 10.1. The minimum Gasteiger partial charge on any atom is -0.372 e. The van der Waals surface area contributed by atoms with E-state index in [-0.39, 0.29) is 11.6 Å². The van der Waals surface area contributed by atoms with E-state index in [0.29, 0.717) is 5.56 Å². The number of anilines is 1. The Morgan fingerprint density at radius 2 is 1.57 bits per heavy atom. The molecule has 0 saturated carbocycles. The van der Waals surface area contributed by atoms with Crippen molar-refractivity contribution < 1.29 is 9.18 Å². The minimum atomic E-state index is -0.276. The highest BCUT2D eigenvalue weighted by molar-refractivity contribution is 6.06. The molecule has 2 aromatic rings. The predicted molar refractivity (Wildman–Crippen MR) is 92.3 cm³/mol. The molecule has 0 aromatic heterocycles. The molecule has 1 fully saturated rings. The number of carbonyl (C=O) groups excluding carboxylic acids is 1. The van der Waals surface area contributed by atoms with Crippen molar-refractivity contribution in [2.24, 2.45) is 0 Å². The van der Waals surface area contributed by atoms with Gasteiger partial charge in [0.1, 0.15) is 5.82 Å². The van der Waals surface area contributed by atoms with Gasteiger partial charge >= 0.3 is 0 Å². The van der Waals surface area contributed by atoms with Crippen LogP contribution in [0.1, 0.15) is 35.2 Å². The Bertz CT molecular complexity index is 683. The highest BCUT2D eigenvalue weighted by atomic mass is 19.1. The molecular formula is C20H20FNO. The third-order valence-corrected chi connectivity index (χ3v) is 4.17. The summed E-state index contributed by atoms with van der Waals surface area (Å²) in [6.45, 7) is 2.19. The van der Waals surface area contributed by atoms with Crippen LogP contribution < -0.4 is 4.90 Å². The van der Waals surface area contributed by atoms with Crippen molar-refractivity contribution in [2.45, 2.75) is 19.3 Å². The maximum absolute atomic E-state index is 12.8. The number of hydrogen-bond donors (Lipinski definition) is 0. The van der Waals surface area contributed by atoms with Crippen molar-refractivity contribution in [3.05, 3.63) is 71.6 Å². The molecule has 1 saturated heterocycles. The molecule has 23 heavy (non-hydrogen) atoms. The maximum Gasteiger partial charge on any atom is 0.185 e. The fourth-order valence-corrected chi connectivity index (χ4v) is 2.83. The minimum absolute atomic E-state index is 0.0421. The molecular weight excluding hydrogens is 289 g/mol. The van der Waals surface area contributed by atoms with Crippen molar-refractivity contribution in [3.63, 3.8) is 0 Å². The van der Waals surface area contributed by atoms with E-state index in [9.17, 15) is 9.18 Å². The Hall–Kier alpha value is -2.42. The Labute approximate surface area is 136 Å². The largest absolute Gasteiger partial charge is 0.372 e. The topological polar surface area (TPSA) is 20.3 Å². The molecule has 2 aromatic carbocycles. The van der Waals surface area contributed by atoms with Crippen molar-refractivity contribution >= 4 is 17.5 Å². The average Bonchev–Trinajstić information content (AvgIpc) is 2.62. The SMILES string of the molecule is O=C(C=Cc1ccc(F)cc1)c1ccc(N2CCCCC2)cc1. The third-order valence-electron chi connectivity index (χ3n) is 4.17. The number of ketones is 1. The monoisotopic (exact) mass is 309 g/mol. The molecule has 0 N–H and O–H groups in total. The lowest BCUT2D eigenvalue weighted by molar-refractivity contribution is 0.104. The summed E-state index contributed by atoms with van der Waals surface area (Å²) in [6.07, 6.45) is 7.02. The van der Waals surface area contributed by atoms with Crippen molar-refractivity contribution in [3.8, 4) is 0 Å². The summed E-state index contributed by atoms with van der Waals surface area (Å²) in [7, 11) is 0. The Morgan fingerprint density at radius 3 is 2.22 bits per heavy atom. The Balaban J connectivity index is 1.66. The summed E-state index contributed by atoms with van der Waals surface area (Å²) in [5.41, 5.74) is 2.66. The van der Waals surface area contributed by atoms with Crippen molar-refractivity contribution in [2.75, 3.05) is 18.0 Å². The number of rotatable bonds is 4. The highest BCUT2D eigenvalue weighted by Crippen LogP contribution is 2.20. The van der Waals surface area contributed by atoms with Gasteiger partial charge in [-0.2, -0.15) is 0 Å². The predicted octanol–water partition coefficient (Wildman–Crippen LogP) is 4.71. The van der Waals surface area contributed by atoms with Crippen LogP contribution in [-0.4, -0.2) is 18.9 Å². The van der Waals surface area contributed by atoms with Crippen LogP contribution in [0, 0.1) is 5.82 Å². The van der Waals surface area contributed by atoms with Crippen LogP contribution >= 0.6 is 0 Å². The zero-order valence-electron chi connectivity index (χ0n) is 13.0. The van der Waals surface area contributed by atoms with Gasteiger partial charge < -0.3 is 4.90 Å². The molecule has 1 aliphatic rings. The molecule has 0 aliphatic carbocycles. The molecule has 0 spiro atoms. The zero-order valence-corrected chi connectivity index (χ0v) is 13.0. The summed E-state index contributed by atoms with van der Waals surface area (Å²) in [5, 5.41) is 0. The molecule has 2 nitrogen and oxygen atoms in total. The van der Waals surface area contributed by atoms with Gasteiger partial charge in [-0.15, -0.1) is 0 Å². The van der Waals surface area contributed by atoms with E-state index in [2.05, 4.69) is 4.90 Å². The Kier molecular flexibility index (Phi) is 4.86. The summed E-state index contributed by atoms with van der Waals surface area (Å²) in [6, 6.07) is 13.9. The summed E-state index contributed by atoms with van der Waals surface area (Å²) in [5.74, 6) is -0.318. The number of nitrogens with zero attached hydrogens (tertiary/aromatic N) is 1. The molecule has 118 valence electrons. The average molecular weight is 309 g/mol. The summed E-state index contributed by atoms with van der Waals surface area (Å²) < 4.78 is 12.8. The molecule has 0 radical (unpaired) electrons. The maximum atomic E-state index is 12.8. The van der Waals surface area contributed by atoms with E-state index in [1.54, 1.807) is 18.2 Å². The van der Waals surface area contributed by atoms with E-state index in [4.69, 9.17) is 0 Å².